The number of carbonyl (C=O) groups is 1. The molecule has 0 saturated heterocycles. The third-order valence-electron chi connectivity index (χ3n) is 4.21. The maximum atomic E-state index is 12.8. The average Bonchev–Trinajstić information content (AvgIpc) is 3.00. The monoisotopic (exact) mass is 322 g/mol. The van der Waals surface area contributed by atoms with Crippen molar-refractivity contribution in [2.45, 2.75) is 13.0 Å². The number of hydrogen-bond acceptors (Lipinski definition) is 4. The van der Waals surface area contributed by atoms with Crippen LogP contribution in [0, 0.1) is 10.1 Å². The fraction of sp³-hybridized carbons (Fsp3) is 0.176. The molecule has 24 heavy (non-hydrogen) atoms. The SMILES string of the molecule is O=C(c1ccc([N+](=O)[O-])cc1)N1CCCn2c1nc1ccccc12. The Morgan fingerprint density at radius 3 is 2.58 bits per heavy atom. The van der Waals surface area contributed by atoms with Crippen LogP contribution in [0.2, 0.25) is 0 Å². The standard InChI is InChI=1S/C17H14N4O3/c22-16(12-6-8-13(9-7-12)21(23)24)20-11-3-10-19-15-5-2-1-4-14(15)18-17(19)20/h1-2,4-9H,3,10-11H2. The first kappa shape index (κ1) is 14.4. The van der Waals surface area contributed by atoms with Crippen LogP contribution >= 0.6 is 0 Å². The van der Waals surface area contributed by atoms with Crippen molar-refractivity contribution in [3.8, 4) is 0 Å². The van der Waals surface area contributed by atoms with Crippen LogP contribution in [-0.4, -0.2) is 26.9 Å². The van der Waals surface area contributed by atoms with Gasteiger partial charge in [0.25, 0.3) is 11.6 Å². The largest absolute Gasteiger partial charge is 0.310 e. The highest BCUT2D eigenvalue weighted by molar-refractivity contribution is 6.06. The molecule has 0 saturated carbocycles. The number of fused-ring (bicyclic) bond motifs is 3. The van der Waals surface area contributed by atoms with Gasteiger partial charge < -0.3 is 4.57 Å². The molecule has 0 spiro atoms. The number of nitro benzene ring substituents is 1. The first-order valence-corrected chi connectivity index (χ1v) is 7.67. The number of anilines is 1. The summed E-state index contributed by atoms with van der Waals surface area (Å²) < 4.78 is 2.04. The molecule has 0 radical (unpaired) electrons. The van der Waals surface area contributed by atoms with Crippen LogP contribution in [0.15, 0.2) is 48.5 Å². The van der Waals surface area contributed by atoms with E-state index >= 15 is 0 Å². The van der Waals surface area contributed by atoms with Crippen LogP contribution in [0.5, 0.6) is 0 Å². The molecule has 0 aliphatic carbocycles. The molecular formula is C17H14N4O3. The Balaban J connectivity index is 1.73. The average molecular weight is 322 g/mol. The number of amides is 1. The molecule has 3 aromatic rings. The van der Waals surface area contributed by atoms with Gasteiger partial charge in [0, 0.05) is 30.8 Å². The molecule has 1 aliphatic rings. The van der Waals surface area contributed by atoms with Gasteiger partial charge >= 0.3 is 0 Å². The van der Waals surface area contributed by atoms with E-state index in [-0.39, 0.29) is 11.6 Å². The predicted molar refractivity (Wildman–Crippen MR) is 89.1 cm³/mol. The van der Waals surface area contributed by atoms with Crippen LogP contribution in [0.25, 0.3) is 11.0 Å². The Bertz CT molecular complexity index is 946. The van der Waals surface area contributed by atoms with Gasteiger partial charge in [0.1, 0.15) is 0 Å². The van der Waals surface area contributed by atoms with Crippen LogP contribution < -0.4 is 4.90 Å². The van der Waals surface area contributed by atoms with E-state index in [0.717, 1.165) is 24.0 Å². The van der Waals surface area contributed by atoms with Gasteiger partial charge in [-0.3, -0.25) is 19.8 Å². The number of nitro groups is 1. The summed E-state index contributed by atoms with van der Waals surface area (Å²) in [6, 6.07) is 13.5. The van der Waals surface area contributed by atoms with Gasteiger partial charge in [-0.1, -0.05) is 12.1 Å². The van der Waals surface area contributed by atoms with E-state index < -0.39 is 4.92 Å². The van der Waals surface area contributed by atoms with Crippen molar-refractivity contribution in [2.24, 2.45) is 0 Å². The molecule has 0 atom stereocenters. The Hall–Kier alpha value is -3.22. The van der Waals surface area contributed by atoms with Gasteiger partial charge in [-0.2, -0.15) is 0 Å². The number of aryl methyl sites for hydroxylation is 1. The molecule has 7 nitrogen and oxygen atoms in total. The van der Waals surface area contributed by atoms with E-state index in [2.05, 4.69) is 4.98 Å². The molecule has 1 aromatic heterocycles. The molecule has 0 N–H and O–H groups in total. The van der Waals surface area contributed by atoms with Gasteiger partial charge in [-0.15, -0.1) is 0 Å². The number of rotatable bonds is 2. The molecule has 0 unspecified atom stereocenters. The zero-order valence-electron chi connectivity index (χ0n) is 12.8. The summed E-state index contributed by atoms with van der Waals surface area (Å²) in [4.78, 5) is 29.3. The number of carbonyl (C=O) groups excluding carboxylic acids is 1. The van der Waals surface area contributed by atoms with Crippen molar-refractivity contribution in [2.75, 3.05) is 11.4 Å². The molecule has 2 aromatic carbocycles. The summed E-state index contributed by atoms with van der Waals surface area (Å²) in [5, 5.41) is 10.7. The minimum Gasteiger partial charge on any atom is -0.310 e. The number of imidazole rings is 1. The lowest BCUT2D eigenvalue weighted by Gasteiger charge is -2.27. The Morgan fingerprint density at radius 2 is 1.83 bits per heavy atom. The molecule has 120 valence electrons. The highest BCUT2D eigenvalue weighted by atomic mass is 16.6. The maximum absolute atomic E-state index is 12.8. The van der Waals surface area contributed by atoms with Crippen molar-refractivity contribution in [1.82, 2.24) is 9.55 Å². The number of para-hydroxylation sites is 2. The summed E-state index contributed by atoms with van der Waals surface area (Å²) in [6.07, 6.45) is 0.839. The highest BCUT2D eigenvalue weighted by Gasteiger charge is 2.27. The lowest BCUT2D eigenvalue weighted by atomic mass is 10.1. The number of hydrogen-bond donors (Lipinski definition) is 0. The van der Waals surface area contributed by atoms with Crippen LogP contribution in [0.3, 0.4) is 0 Å². The van der Waals surface area contributed by atoms with Gasteiger partial charge in [-0.05, 0) is 30.7 Å². The predicted octanol–water partition coefficient (Wildman–Crippen LogP) is 3.00. The third-order valence-corrected chi connectivity index (χ3v) is 4.21. The third kappa shape index (κ3) is 2.21. The van der Waals surface area contributed by atoms with E-state index in [9.17, 15) is 14.9 Å². The second-order valence-electron chi connectivity index (χ2n) is 5.67. The van der Waals surface area contributed by atoms with Crippen LogP contribution in [0.1, 0.15) is 16.8 Å². The van der Waals surface area contributed by atoms with E-state index in [1.165, 1.54) is 24.3 Å². The summed E-state index contributed by atoms with van der Waals surface area (Å²) >= 11 is 0. The minimum atomic E-state index is -0.478. The lowest BCUT2D eigenvalue weighted by Crippen LogP contribution is -2.37. The van der Waals surface area contributed by atoms with E-state index in [4.69, 9.17) is 0 Å². The molecule has 1 amide bonds. The van der Waals surface area contributed by atoms with Crippen molar-refractivity contribution in [3.63, 3.8) is 0 Å². The zero-order chi connectivity index (χ0) is 16.7. The quantitative estimate of drug-likeness (QED) is 0.536. The van der Waals surface area contributed by atoms with E-state index in [1.54, 1.807) is 4.90 Å². The van der Waals surface area contributed by atoms with Crippen LogP contribution in [0.4, 0.5) is 11.6 Å². The first-order chi connectivity index (χ1) is 11.6. The Labute approximate surface area is 137 Å². The van der Waals surface area contributed by atoms with Gasteiger partial charge in [0.15, 0.2) is 0 Å². The summed E-state index contributed by atoms with van der Waals surface area (Å²) in [5.74, 6) is 0.437. The fourth-order valence-corrected chi connectivity index (χ4v) is 3.05. The van der Waals surface area contributed by atoms with Gasteiger partial charge in [-0.25, -0.2) is 4.98 Å². The van der Waals surface area contributed by atoms with Gasteiger partial charge in [0.05, 0.1) is 16.0 Å². The molecule has 0 fully saturated rings. The van der Waals surface area contributed by atoms with Crippen molar-refractivity contribution < 1.29 is 9.72 Å². The van der Waals surface area contributed by atoms with Crippen molar-refractivity contribution >= 4 is 28.6 Å². The smallest absolute Gasteiger partial charge is 0.269 e. The Morgan fingerprint density at radius 1 is 1.08 bits per heavy atom. The molecule has 4 rings (SSSR count). The lowest BCUT2D eigenvalue weighted by molar-refractivity contribution is -0.384. The molecule has 7 heteroatoms. The normalized spacial score (nSPS) is 13.8. The molecule has 1 aliphatic heterocycles. The topological polar surface area (TPSA) is 81.3 Å². The second kappa shape index (κ2) is 5.45. The zero-order valence-corrected chi connectivity index (χ0v) is 12.8. The molecular weight excluding hydrogens is 308 g/mol. The molecule has 0 bridgehead atoms. The second-order valence-corrected chi connectivity index (χ2v) is 5.67. The minimum absolute atomic E-state index is 0.0302. The number of nitrogens with zero attached hydrogens (tertiary/aromatic N) is 4. The van der Waals surface area contributed by atoms with Crippen molar-refractivity contribution in [3.05, 3.63) is 64.2 Å². The number of non-ortho nitro benzene ring substituents is 1. The number of benzene rings is 2. The fourth-order valence-electron chi connectivity index (χ4n) is 3.05. The summed E-state index contributed by atoms with van der Waals surface area (Å²) in [7, 11) is 0. The van der Waals surface area contributed by atoms with Crippen molar-refractivity contribution in [1.29, 1.82) is 0 Å². The van der Waals surface area contributed by atoms with E-state index in [0.29, 0.717) is 18.1 Å². The summed E-state index contributed by atoms with van der Waals surface area (Å²) in [6.45, 7) is 1.40. The Kier molecular flexibility index (Phi) is 3.26. The van der Waals surface area contributed by atoms with E-state index in [1.807, 2.05) is 28.8 Å². The molecule has 2 heterocycles. The maximum Gasteiger partial charge on any atom is 0.269 e. The van der Waals surface area contributed by atoms with Crippen LogP contribution in [-0.2, 0) is 6.54 Å². The highest BCUT2D eigenvalue weighted by Crippen LogP contribution is 2.28. The van der Waals surface area contributed by atoms with Gasteiger partial charge in [0.2, 0.25) is 5.95 Å². The first-order valence-electron chi connectivity index (χ1n) is 7.67. The number of aromatic nitrogens is 2. The summed E-state index contributed by atoms with van der Waals surface area (Å²) in [5.41, 5.74) is 2.25.